The van der Waals surface area contributed by atoms with Crippen molar-refractivity contribution in [2.45, 2.75) is 59.5 Å². The summed E-state index contributed by atoms with van der Waals surface area (Å²) in [6.45, 7) is 10.8. The molecule has 0 rings (SSSR count). The SMILES string of the molecule is CCCN(C(=O)N(CCC(=O)O)C(C)C)C(C)C. The van der Waals surface area contributed by atoms with E-state index in [9.17, 15) is 9.59 Å². The van der Waals surface area contributed by atoms with Crippen LogP contribution in [0.25, 0.3) is 0 Å². The highest BCUT2D eigenvalue weighted by atomic mass is 16.4. The molecule has 0 spiro atoms. The summed E-state index contributed by atoms with van der Waals surface area (Å²) in [5.74, 6) is -0.875. The van der Waals surface area contributed by atoms with Crippen molar-refractivity contribution in [3.05, 3.63) is 0 Å². The standard InChI is InChI=1S/C13H26N2O3/c1-6-8-14(10(2)3)13(18)15(11(4)5)9-7-12(16)17/h10-11H,6-9H2,1-5H3,(H,16,17). The van der Waals surface area contributed by atoms with Gasteiger partial charge in [-0.05, 0) is 34.1 Å². The summed E-state index contributed by atoms with van der Waals surface area (Å²) in [6, 6.07) is 0.0709. The summed E-state index contributed by atoms with van der Waals surface area (Å²) in [4.78, 5) is 26.4. The number of carbonyl (C=O) groups excluding carboxylic acids is 1. The molecule has 1 N–H and O–H groups in total. The van der Waals surface area contributed by atoms with Gasteiger partial charge in [-0.3, -0.25) is 4.79 Å². The van der Waals surface area contributed by atoms with Gasteiger partial charge in [0.15, 0.2) is 0 Å². The minimum atomic E-state index is -0.875. The van der Waals surface area contributed by atoms with Crippen molar-refractivity contribution in [3.8, 4) is 0 Å². The number of carboxylic acid groups (broad SMARTS) is 1. The fourth-order valence-electron chi connectivity index (χ4n) is 1.77. The van der Waals surface area contributed by atoms with E-state index in [-0.39, 0.29) is 31.1 Å². The van der Waals surface area contributed by atoms with Crippen LogP contribution in [0.4, 0.5) is 4.79 Å². The van der Waals surface area contributed by atoms with E-state index in [2.05, 4.69) is 0 Å². The lowest BCUT2D eigenvalue weighted by molar-refractivity contribution is -0.137. The molecule has 18 heavy (non-hydrogen) atoms. The molecular weight excluding hydrogens is 232 g/mol. The maximum atomic E-state index is 12.4. The van der Waals surface area contributed by atoms with Crippen LogP contribution in [0.2, 0.25) is 0 Å². The highest BCUT2D eigenvalue weighted by Crippen LogP contribution is 2.10. The zero-order valence-corrected chi connectivity index (χ0v) is 12.1. The molecule has 0 heterocycles. The predicted molar refractivity (Wildman–Crippen MR) is 71.6 cm³/mol. The molecule has 0 radical (unpaired) electrons. The van der Waals surface area contributed by atoms with E-state index in [1.54, 1.807) is 9.80 Å². The zero-order valence-electron chi connectivity index (χ0n) is 12.1. The average Bonchev–Trinajstić information content (AvgIpc) is 2.24. The lowest BCUT2D eigenvalue weighted by atomic mass is 10.2. The van der Waals surface area contributed by atoms with Gasteiger partial charge in [-0.2, -0.15) is 0 Å². The van der Waals surface area contributed by atoms with Crippen LogP contribution in [0.5, 0.6) is 0 Å². The number of hydrogen-bond donors (Lipinski definition) is 1. The van der Waals surface area contributed by atoms with Gasteiger partial charge < -0.3 is 14.9 Å². The van der Waals surface area contributed by atoms with Crippen molar-refractivity contribution < 1.29 is 14.7 Å². The third-order valence-electron chi connectivity index (χ3n) is 2.77. The number of carbonyl (C=O) groups is 2. The number of rotatable bonds is 7. The van der Waals surface area contributed by atoms with E-state index in [1.165, 1.54) is 0 Å². The molecule has 5 nitrogen and oxygen atoms in total. The van der Waals surface area contributed by atoms with Gasteiger partial charge in [-0.15, -0.1) is 0 Å². The summed E-state index contributed by atoms with van der Waals surface area (Å²) in [6.07, 6.45) is 0.886. The van der Waals surface area contributed by atoms with Crippen LogP contribution in [0.3, 0.4) is 0 Å². The Morgan fingerprint density at radius 3 is 1.78 bits per heavy atom. The fourth-order valence-corrected chi connectivity index (χ4v) is 1.77. The second-order valence-corrected chi connectivity index (χ2v) is 5.00. The molecule has 0 unspecified atom stereocenters. The van der Waals surface area contributed by atoms with Crippen LogP contribution >= 0.6 is 0 Å². The van der Waals surface area contributed by atoms with Crippen molar-refractivity contribution in [1.82, 2.24) is 9.80 Å². The highest BCUT2D eigenvalue weighted by Gasteiger charge is 2.24. The first-order chi connectivity index (χ1) is 8.31. The first-order valence-electron chi connectivity index (χ1n) is 6.60. The molecule has 0 aliphatic heterocycles. The van der Waals surface area contributed by atoms with Crippen molar-refractivity contribution in [2.75, 3.05) is 13.1 Å². The molecule has 0 aromatic carbocycles. The van der Waals surface area contributed by atoms with E-state index in [4.69, 9.17) is 5.11 Å². The van der Waals surface area contributed by atoms with Crippen molar-refractivity contribution >= 4 is 12.0 Å². The maximum absolute atomic E-state index is 12.4. The first kappa shape index (κ1) is 16.7. The van der Waals surface area contributed by atoms with E-state index in [1.807, 2.05) is 34.6 Å². The summed E-state index contributed by atoms with van der Waals surface area (Å²) in [5, 5.41) is 8.73. The first-order valence-corrected chi connectivity index (χ1v) is 6.60. The molecule has 0 atom stereocenters. The smallest absolute Gasteiger partial charge is 0.320 e. The molecular formula is C13H26N2O3. The molecule has 106 valence electrons. The Labute approximate surface area is 110 Å². The topological polar surface area (TPSA) is 60.9 Å². The Morgan fingerprint density at radius 2 is 1.44 bits per heavy atom. The number of aliphatic carboxylic acids is 1. The minimum absolute atomic E-state index is 0.00922. The van der Waals surface area contributed by atoms with Crippen LogP contribution in [-0.4, -0.2) is 52.1 Å². The van der Waals surface area contributed by atoms with Crippen molar-refractivity contribution in [3.63, 3.8) is 0 Å². The molecule has 0 saturated heterocycles. The van der Waals surface area contributed by atoms with Crippen LogP contribution in [0.1, 0.15) is 47.5 Å². The monoisotopic (exact) mass is 258 g/mol. The van der Waals surface area contributed by atoms with Crippen LogP contribution in [-0.2, 0) is 4.79 Å². The molecule has 0 aromatic heterocycles. The molecule has 0 aliphatic rings. The summed E-state index contributed by atoms with van der Waals surface area (Å²) < 4.78 is 0. The molecule has 0 aromatic rings. The molecule has 0 bridgehead atoms. The van der Waals surface area contributed by atoms with E-state index >= 15 is 0 Å². The fraction of sp³-hybridized carbons (Fsp3) is 0.846. The number of carboxylic acids is 1. The number of amides is 2. The maximum Gasteiger partial charge on any atom is 0.320 e. The normalized spacial score (nSPS) is 10.8. The number of urea groups is 1. The second-order valence-electron chi connectivity index (χ2n) is 5.00. The Morgan fingerprint density at radius 1 is 1.00 bits per heavy atom. The van der Waals surface area contributed by atoms with Gasteiger partial charge in [0.2, 0.25) is 0 Å². The van der Waals surface area contributed by atoms with Gasteiger partial charge in [0.25, 0.3) is 0 Å². The molecule has 5 heteroatoms. The Balaban J connectivity index is 4.75. The van der Waals surface area contributed by atoms with Gasteiger partial charge in [-0.25, -0.2) is 4.79 Å². The average molecular weight is 258 g/mol. The van der Waals surface area contributed by atoms with Crippen LogP contribution < -0.4 is 0 Å². The lowest BCUT2D eigenvalue weighted by Crippen LogP contribution is -2.49. The number of nitrogens with zero attached hydrogens (tertiary/aromatic N) is 2. The third kappa shape index (κ3) is 5.38. The molecule has 0 saturated carbocycles. The van der Waals surface area contributed by atoms with Gasteiger partial charge in [-0.1, -0.05) is 6.92 Å². The van der Waals surface area contributed by atoms with E-state index < -0.39 is 5.97 Å². The second kappa shape index (κ2) is 7.95. The zero-order chi connectivity index (χ0) is 14.3. The van der Waals surface area contributed by atoms with Crippen molar-refractivity contribution in [2.24, 2.45) is 0 Å². The van der Waals surface area contributed by atoms with Crippen LogP contribution in [0.15, 0.2) is 0 Å². The Bertz CT molecular complexity index is 277. The van der Waals surface area contributed by atoms with Gasteiger partial charge in [0, 0.05) is 25.2 Å². The lowest BCUT2D eigenvalue weighted by Gasteiger charge is -2.35. The quantitative estimate of drug-likeness (QED) is 0.762. The van der Waals surface area contributed by atoms with E-state index in [0.717, 1.165) is 6.42 Å². The molecule has 0 aliphatic carbocycles. The van der Waals surface area contributed by atoms with Crippen LogP contribution in [0, 0.1) is 0 Å². The Kier molecular flexibility index (Phi) is 7.39. The van der Waals surface area contributed by atoms with E-state index in [0.29, 0.717) is 6.54 Å². The number of hydrogen-bond acceptors (Lipinski definition) is 2. The summed E-state index contributed by atoms with van der Waals surface area (Å²) >= 11 is 0. The van der Waals surface area contributed by atoms with Gasteiger partial charge >= 0.3 is 12.0 Å². The van der Waals surface area contributed by atoms with Gasteiger partial charge in [0.1, 0.15) is 0 Å². The summed E-state index contributed by atoms with van der Waals surface area (Å²) in [7, 11) is 0. The Hall–Kier alpha value is -1.26. The highest BCUT2D eigenvalue weighted by molar-refractivity contribution is 5.76. The molecule has 2 amide bonds. The van der Waals surface area contributed by atoms with Gasteiger partial charge in [0.05, 0.1) is 6.42 Å². The predicted octanol–water partition coefficient (Wildman–Crippen LogP) is 2.41. The third-order valence-corrected chi connectivity index (χ3v) is 2.77. The minimum Gasteiger partial charge on any atom is -0.481 e. The summed E-state index contributed by atoms with van der Waals surface area (Å²) in [5.41, 5.74) is 0. The molecule has 0 fully saturated rings. The van der Waals surface area contributed by atoms with Crippen molar-refractivity contribution in [1.29, 1.82) is 0 Å². The largest absolute Gasteiger partial charge is 0.481 e.